The Bertz CT molecular complexity index is 540. The van der Waals surface area contributed by atoms with Crippen LogP contribution in [0.15, 0.2) is 30.5 Å². The van der Waals surface area contributed by atoms with Crippen molar-refractivity contribution in [3.8, 4) is 0 Å². The van der Waals surface area contributed by atoms with Crippen LogP contribution in [-0.4, -0.2) is 16.7 Å². The van der Waals surface area contributed by atoms with Gasteiger partial charge in [0.25, 0.3) is 0 Å². The fourth-order valence-corrected chi connectivity index (χ4v) is 2.43. The molecule has 0 amide bonds. The Morgan fingerprint density at radius 1 is 1.38 bits per heavy atom. The first-order valence-corrected chi connectivity index (χ1v) is 5.82. The number of benzene rings is 1. The number of aliphatic hydroxyl groups is 1. The van der Waals surface area contributed by atoms with Gasteiger partial charge in [-0.25, -0.2) is 0 Å². The van der Waals surface area contributed by atoms with Gasteiger partial charge in [0.15, 0.2) is 0 Å². The molecule has 1 saturated carbocycles. The molecule has 1 heterocycles. The van der Waals surface area contributed by atoms with Gasteiger partial charge in [0.05, 0.1) is 5.69 Å². The molecule has 1 aliphatic carbocycles. The van der Waals surface area contributed by atoms with Crippen molar-refractivity contribution >= 4 is 22.4 Å². The lowest BCUT2D eigenvalue weighted by Gasteiger charge is -2.05. The van der Waals surface area contributed by atoms with Crippen molar-refractivity contribution in [3.05, 3.63) is 41.2 Å². The Kier molecular flexibility index (Phi) is 2.34. The van der Waals surface area contributed by atoms with Crippen LogP contribution in [0.2, 0.25) is 5.02 Å². The average Bonchev–Trinajstić information content (AvgIpc) is 3.07. The predicted molar refractivity (Wildman–Crippen MR) is 64.7 cm³/mol. The van der Waals surface area contributed by atoms with Crippen molar-refractivity contribution in [2.24, 2.45) is 5.92 Å². The minimum absolute atomic E-state index is 0.260. The molecule has 1 aromatic carbocycles. The number of rotatable bonds is 2. The molecule has 16 heavy (non-hydrogen) atoms. The van der Waals surface area contributed by atoms with Gasteiger partial charge in [-0.3, -0.25) is 4.98 Å². The molecule has 0 aliphatic heterocycles. The smallest absolute Gasteiger partial charge is 0.0516 e. The van der Waals surface area contributed by atoms with Crippen molar-refractivity contribution in [3.63, 3.8) is 0 Å². The van der Waals surface area contributed by atoms with Gasteiger partial charge in [-0.15, -0.1) is 0 Å². The quantitative estimate of drug-likeness (QED) is 0.865. The van der Waals surface area contributed by atoms with Crippen LogP contribution in [0.5, 0.6) is 0 Å². The number of pyridine rings is 1. The molecule has 3 rings (SSSR count). The highest BCUT2D eigenvalue weighted by molar-refractivity contribution is 6.31. The van der Waals surface area contributed by atoms with Crippen LogP contribution in [0.25, 0.3) is 10.8 Å². The summed E-state index contributed by atoms with van der Waals surface area (Å²) in [5.41, 5.74) is 1.10. The number of fused-ring (bicyclic) bond motifs is 1. The van der Waals surface area contributed by atoms with Crippen LogP contribution in [0.4, 0.5) is 0 Å². The van der Waals surface area contributed by atoms with E-state index in [4.69, 9.17) is 16.7 Å². The summed E-state index contributed by atoms with van der Waals surface area (Å²) in [6, 6.07) is 7.84. The van der Waals surface area contributed by atoms with Crippen LogP contribution in [0, 0.1) is 5.92 Å². The maximum absolute atomic E-state index is 9.11. The summed E-state index contributed by atoms with van der Waals surface area (Å²) in [6.07, 6.45) is 2.87. The van der Waals surface area contributed by atoms with Crippen LogP contribution in [0.1, 0.15) is 18.0 Å². The van der Waals surface area contributed by atoms with Gasteiger partial charge in [0, 0.05) is 29.1 Å². The van der Waals surface area contributed by atoms with E-state index in [0.717, 1.165) is 27.9 Å². The first kappa shape index (κ1) is 10.1. The van der Waals surface area contributed by atoms with E-state index in [0.29, 0.717) is 11.8 Å². The van der Waals surface area contributed by atoms with Gasteiger partial charge in [-0.05, 0) is 35.9 Å². The molecule has 0 saturated heterocycles. The molecule has 0 bridgehead atoms. The minimum Gasteiger partial charge on any atom is -0.396 e. The summed E-state index contributed by atoms with van der Waals surface area (Å²) in [7, 11) is 0. The third-order valence-electron chi connectivity index (χ3n) is 3.27. The van der Waals surface area contributed by atoms with Crippen LogP contribution < -0.4 is 0 Å². The summed E-state index contributed by atoms with van der Waals surface area (Å²) in [5.74, 6) is 0.823. The van der Waals surface area contributed by atoms with Gasteiger partial charge in [-0.2, -0.15) is 0 Å². The number of hydrogen-bond acceptors (Lipinski definition) is 2. The van der Waals surface area contributed by atoms with E-state index >= 15 is 0 Å². The molecule has 1 aromatic heterocycles. The number of aromatic nitrogens is 1. The third kappa shape index (κ3) is 1.58. The lowest BCUT2D eigenvalue weighted by Crippen LogP contribution is -1.93. The third-order valence-corrected chi connectivity index (χ3v) is 3.50. The average molecular weight is 234 g/mol. The Morgan fingerprint density at radius 3 is 3.00 bits per heavy atom. The van der Waals surface area contributed by atoms with Gasteiger partial charge >= 0.3 is 0 Å². The topological polar surface area (TPSA) is 33.1 Å². The second-order valence-electron chi connectivity index (χ2n) is 4.35. The monoisotopic (exact) mass is 233 g/mol. The van der Waals surface area contributed by atoms with Gasteiger partial charge in [0.2, 0.25) is 0 Å². The number of aliphatic hydroxyl groups excluding tert-OH is 1. The lowest BCUT2D eigenvalue weighted by molar-refractivity contribution is 0.274. The number of nitrogens with zero attached hydrogens (tertiary/aromatic N) is 1. The second-order valence-corrected chi connectivity index (χ2v) is 4.78. The fraction of sp³-hybridized carbons (Fsp3) is 0.308. The number of hydrogen-bond donors (Lipinski definition) is 1. The Balaban J connectivity index is 2.12. The summed E-state index contributed by atoms with van der Waals surface area (Å²) >= 11 is 5.96. The van der Waals surface area contributed by atoms with Gasteiger partial charge < -0.3 is 5.11 Å². The molecule has 2 atom stereocenters. The van der Waals surface area contributed by atoms with Crippen LogP contribution >= 0.6 is 11.6 Å². The molecule has 1 aliphatic rings. The molecule has 0 radical (unpaired) electrons. The van der Waals surface area contributed by atoms with E-state index in [-0.39, 0.29) is 6.61 Å². The zero-order chi connectivity index (χ0) is 11.1. The summed E-state index contributed by atoms with van der Waals surface area (Å²) in [6.45, 7) is 0.260. The molecule has 82 valence electrons. The van der Waals surface area contributed by atoms with E-state index in [1.54, 1.807) is 0 Å². The zero-order valence-electron chi connectivity index (χ0n) is 8.73. The van der Waals surface area contributed by atoms with E-state index in [1.807, 2.05) is 30.5 Å². The summed E-state index contributed by atoms with van der Waals surface area (Å²) < 4.78 is 0. The van der Waals surface area contributed by atoms with Crippen molar-refractivity contribution in [2.75, 3.05) is 6.61 Å². The highest BCUT2D eigenvalue weighted by atomic mass is 35.5. The standard InChI is InChI=1S/C13H12ClNO/c14-10-1-2-11-8(5-10)3-4-15-13(11)12-6-9(12)7-16/h1-5,9,12,16H,6-7H2/t9-,12?/m1/s1. The van der Waals surface area contributed by atoms with Crippen molar-refractivity contribution < 1.29 is 5.11 Å². The minimum atomic E-state index is 0.260. The normalized spacial score (nSPS) is 23.6. The summed E-state index contributed by atoms with van der Waals surface area (Å²) in [5, 5.41) is 12.1. The first-order chi connectivity index (χ1) is 7.79. The SMILES string of the molecule is OC[C@H]1CC1c1nccc2cc(Cl)ccc12. The van der Waals surface area contributed by atoms with Crippen molar-refractivity contribution in [1.82, 2.24) is 4.98 Å². The molecule has 3 heteroatoms. The maximum Gasteiger partial charge on any atom is 0.0516 e. The van der Waals surface area contributed by atoms with Crippen LogP contribution in [-0.2, 0) is 0 Å². The van der Waals surface area contributed by atoms with E-state index in [1.165, 1.54) is 0 Å². The predicted octanol–water partition coefficient (Wildman–Crippen LogP) is 2.98. The molecular formula is C13H12ClNO. The van der Waals surface area contributed by atoms with Gasteiger partial charge in [0.1, 0.15) is 0 Å². The molecule has 0 spiro atoms. The Hall–Kier alpha value is -1.12. The maximum atomic E-state index is 9.11. The second kappa shape index (κ2) is 3.72. The summed E-state index contributed by atoms with van der Waals surface area (Å²) in [4.78, 5) is 4.44. The molecule has 1 N–H and O–H groups in total. The molecule has 2 aromatic rings. The molecule has 2 nitrogen and oxygen atoms in total. The molecule has 1 fully saturated rings. The van der Waals surface area contributed by atoms with E-state index < -0.39 is 0 Å². The highest BCUT2D eigenvalue weighted by Crippen LogP contribution is 2.48. The molecular weight excluding hydrogens is 222 g/mol. The largest absolute Gasteiger partial charge is 0.396 e. The Labute approximate surface area is 98.9 Å². The fourth-order valence-electron chi connectivity index (χ4n) is 2.25. The van der Waals surface area contributed by atoms with Crippen molar-refractivity contribution in [2.45, 2.75) is 12.3 Å². The first-order valence-electron chi connectivity index (χ1n) is 5.44. The zero-order valence-corrected chi connectivity index (χ0v) is 9.48. The van der Waals surface area contributed by atoms with Crippen LogP contribution in [0.3, 0.4) is 0 Å². The Morgan fingerprint density at radius 2 is 2.25 bits per heavy atom. The highest BCUT2D eigenvalue weighted by Gasteiger charge is 2.39. The lowest BCUT2D eigenvalue weighted by atomic mass is 10.1. The molecule has 1 unspecified atom stereocenters. The van der Waals surface area contributed by atoms with E-state index in [9.17, 15) is 0 Å². The van der Waals surface area contributed by atoms with E-state index in [2.05, 4.69) is 4.98 Å². The van der Waals surface area contributed by atoms with Gasteiger partial charge in [-0.1, -0.05) is 17.7 Å². The van der Waals surface area contributed by atoms with Crippen molar-refractivity contribution in [1.29, 1.82) is 0 Å². The number of halogens is 1.